The summed E-state index contributed by atoms with van der Waals surface area (Å²) in [5, 5.41) is 9.38. The second-order valence-corrected chi connectivity index (χ2v) is 5.01. The van der Waals surface area contributed by atoms with E-state index in [0.29, 0.717) is 10.9 Å². The number of halogens is 2. The van der Waals surface area contributed by atoms with Crippen LogP contribution in [0, 0.1) is 5.82 Å². The fraction of sp³-hybridized carbons (Fsp3) is 0.143. The molecule has 1 atom stereocenters. The van der Waals surface area contributed by atoms with Crippen LogP contribution >= 0.6 is 15.9 Å². The van der Waals surface area contributed by atoms with Crippen molar-refractivity contribution in [3.05, 3.63) is 63.9 Å². The first-order valence-electron chi connectivity index (χ1n) is 5.54. The van der Waals surface area contributed by atoms with E-state index in [1.807, 2.05) is 6.07 Å². The maximum absolute atomic E-state index is 13.1. The largest absolute Gasteiger partial charge is 0.508 e. The van der Waals surface area contributed by atoms with Crippen LogP contribution in [0.1, 0.15) is 17.2 Å². The highest BCUT2D eigenvalue weighted by molar-refractivity contribution is 9.10. The van der Waals surface area contributed by atoms with Crippen LogP contribution in [-0.4, -0.2) is 5.11 Å². The zero-order chi connectivity index (χ0) is 13.1. The summed E-state index contributed by atoms with van der Waals surface area (Å²) in [6, 6.07) is 11.5. The number of phenols is 1. The third-order valence-corrected chi connectivity index (χ3v) is 3.35. The lowest BCUT2D eigenvalue weighted by Gasteiger charge is -2.13. The van der Waals surface area contributed by atoms with Gasteiger partial charge in [0.1, 0.15) is 11.6 Å². The van der Waals surface area contributed by atoms with E-state index in [1.165, 1.54) is 6.07 Å². The van der Waals surface area contributed by atoms with Gasteiger partial charge in [-0.2, -0.15) is 0 Å². The Morgan fingerprint density at radius 2 is 2.00 bits per heavy atom. The number of phenolic OH excluding ortho intramolecular Hbond substituents is 1. The summed E-state index contributed by atoms with van der Waals surface area (Å²) in [7, 11) is 0. The molecular weight excluding hydrogens is 297 g/mol. The second-order valence-electron chi connectivity index (χ2n) is 4.15. The molecule has 1 unspecified atom stereocenters. The quantitative estimate of drug-likeness (QED) is 0.911. The molecule has 0 aliphatic rings. The second kappa shape index (κ2) is 5.50. The Morgan fingerprint density at radius 1 is 1.22 bits per heavy atom. The first-order chi connectivity index (χ1) is 8.56. The normalized spacial score (nSPS) is 12.4. The molecule has 0 aromatic heterocycles. The maximum Gasteiger partial charge on any atom is 0.137 e. The summed E-state index contributed by atoms with van der Waals surface area (Å²) in [6.07, 6.45) is 0.590. The number of aromatic hydroxyl groups is 1. The Labute approximate surface area is 113 Å². The Hall–Kier alpha value is -1.39. The fourth-order valence-electron chi connectivity index (χ4n) is 1.80. The van der Waals surface area contributed by atoms with E-state index >= 15 is 0 Å². The molecule has 0 aliphatic carbocycles. The molecule has 2 nitrogen and oxygen atoms in total. The van der Waals surface area contributed by atoms with Gasteiger partial charge in [-0.05, 0) is 57.7 Å². The highest BCUT2D eigenvalue weighted by Crippen LogP contribution is 2.23. The molecular formula is C14H13BrFNO. The molecule has 4 heteroatoms. The van der Waals surface area contributed by atoms with Gasteiger partial charge in [-0.3, -0.25) is 0 Å². The van der Waals surface area contributed by atoms with Crippen LogP contribution in [-0.2, 0) is 6.42 Å². The lowest BCUT2D eigenvalue weighted by Crippen LogP contribution is -2.13. The van der Waals surface area contributed by atoms with Crippen molar-refractivity contribution in [1.29, 1.82) is 0 Å². The lowest BCUT2D eigenvalue weighted by molar-refractivity contribution is 0.474. The van der Waals surface area contributed by atoms with Gasteiger partial charge in [0.25, 0.3) is 0 Å². The van der Waals surface area contributed by atoms with E-state index in [0.717, 1.165) is 11.1 Å². The Bertz CT molecular complexity index is 559. The molecule has 0 aliphatic heterocycles. The first kappa shape index (κ1) is 13.1. The SMILES string of the molecule is NC(Cc1cccc(O)c1)c1ccc(F)c(Br)c1. The van der Waals surface area contributed by atoms with Crippen molar-refractivity contribution in [3.8, 4) is 5.75 Å². The molecule has 0 radical (unpaired) electrons. The van der Waals surface area contributed by atoms with E-state index in [1.54, 1.807) is 30.3 Å². The molecule has 0 spiro atoms. The fourth-order valence-corrected chi connectivity index (χ4v) is 2.19. The molecule has 0 saturated heterocycles. The van der Waals surface area contributed by atoms with Gasteiger partial charge in [0, 0.05) is 6.04 Å². The van der Waals surface area contributed by atoms with Gasteiger partial charge in [0.15, 0.2) is 0 Å². The highest BCUT2D eigenvalue weighted by atomic mass is 79.9. The van der Waals surface area contributed by atoms with Gasteiger partial charge in [-0.15, -0.1) is 0 Å². The molecule has 94 valence electrons. The topological polar surface area (TPSA) is 46.2 Å². The van der Waals surface area contributed by atoms with Crippen molar-refractivity contribution in [1.82, 2.24) is 0 Å². The lowest BCUT2D eigenvalue weighted by atomic mass is 9.99. The summed E-state index contributed by atoms with van der Waals surface area (Å²) in [6.45, 7) is 0. The van der Waals surface area contributed by atoms with Crippen LogP contribution in [0.3, 0.4) is 0 Å². The summed E-state index contributed by atoms with van der Waals surface area (Å²) in [5.41, 5.74) is 7.87. The maximum atomic E-state index is 13.1. The van der Waals surface area contributed by atoms with Crippen LogP contribution in [0.4, 0.5) is 4.39 Å². The third kappa shape index (κ3) is 3.09. The predicted octanol–water partition coefficient (Wildman–Crippen LogP) is 3.54. The van der Waals surface area contributed by atoms with Crippen molar-refractivity contribution in [2.45, 2.75) is 12.5 Å². The number of nitrogens with two attached hydrogens (primary N) is 1. The number of rotatable bonds is 3. The Morgan fingerprint density at radius 3 is 2.67 bits per heavy atom. The highest BCUT2D eigenvalue weighted by Gasteiger charge is 2.09. The molecule has 0 saturated carbocycles. The zero-order valence-corrected chi connectivity index (χ0v) is 11.2. The molecule has 0 bridgehead atoms. The first-order valence-corrected chi connectivity index (χ1v) is 6.34. The number of hydrogen-bond acceptors (Lipinski definition) is 2. The summed E-state index contributed by atoms with van der Waals surface area (Å²) < 4.78 is 13.5. The Kier molecular flexibility index (Phi) is 3.99. The summed E-state index contributed by atoms with van der Waals surface area (Å²) >= 11 is 3.14. The minimum absolute atomic E-state index is 0.222. The van der Waals surface area contributed by atoms with Crippen LogP contribution in [0.25, 0.3) is 0 Å². The van der Waals surface area contributed by atoms with E-state index in [-0.39, 0.29) is 17.6 Å². The summed E-state index contributed by atoms with van der Waals surface area (Å²) in [4.78, 5) is 0. The van der Waals surface area contributed by atoms with E-state index in [9.17, 15) is 9.50 Å². The minimum Gasteiger partial charge on any atom is -0.508 e. The Balaban J connectivity index is 2.16. The van der Waals surface area contributed by atoms with E-state index < -0.39 is 0 Å². The third-order valence-electron chi connectivity index (χ3n) is 2.74. The molecule has 18 heavy (non-hydrogen) atoms. The van der Waals surface area contributed by atoms with Gasteiger partial charge in [-0.25, -0.2) is 4.39 Å². The minimum atomic E-state index is -0.302. The molecule has 3 N–H and O–H groups in total. The molecule has 0 amide bonds. The van der Waals surface area contributed by atoms with Crippen LogP contribution in [0.5, 0.6) is 5.75 Å². The number of benzene rings is 2. The molecule has 0 heterocycles. The predicted molar refractivity (Wildman–Crippen MR) is 72.8 cm³/mol. The van der Waals surface area contributed by atoms with Crippen molar-refractivity contribution in [3.63, 3.8) is 0 Å². The average Bonchev–Trinajstić information content (AvgIpc) is 2.32. The average molecular weight is 310 g/mol. The molecule has 2 aromatic carbocycles. The van der Waals surface area contributed by atoms with E-state index in [4.69, 9.17) is 5.73 Å². The van der Waals surface area contributed by atoms with Crippen molar-refractivity contribution >= 4 is 15.9 Å². The standard InChI is InChI=1S/C14H13BrFNO/c15-12-8-10(4-5-13(12)16)14(17)7-9-2-1-3-11(18)6-9/h1-6,8,14,18H,7,17H2. The van der Waals surface area contributed by atoms with Gasteiger partial charge in [0.05, 0.1) is 4.47 Å². The van der Waals surface area contributed by atoms with Gasteiger partial charge < -0.3 is 10.8 Å². The van der Waals surface area contributed by atoms with Gasteiger partial charge in [0.2, 0.25) is 0 Å². The molecule has 0 fully saturated rings. The van der Waals surface area contributed by atoms with Crippen molar-refractivity contribution in [2.24, 2.45) is 5.73 Å². The smallest absolute Gasteiger partial charge is 0.137 e. The molecule has 2 aromatic rings. The number of hydrogen-bond donors (Lipinski definition) is 2. The zero-order valence-electron chi connectivity index (χ0n) is 9.61. The monoisotopic (exact) mass is 309 g/mol. The van der Waals surface area contributed by atoms with Crippen LogP contribution < -0.4 is 5.73 Å². The van der Waals surface area contributed by atoms with Crippen LogP contribution in [0.15, 0.2) is 46.9 Å². The van der Waals surface area contributed by atoms with Crippen molar-refractivity contribution in [2.75, 3.05) is 0 Å². The van der Waals surface area contributed by atoms with Gasteiger partial charge in [-0.1, -0.05) is 18.2 Å². The molecule has 2 rings (SSSR count). The van der Waals surface area contributed by atoms with E-state index in [2.05, 4.69) is 15.9 Å². The van der Waals surface area contributed by atoms with Gasteiger partial charge >= 0.3 is 0 Å². The summed E-state index contributed by atoms with van der Waals surface area (Å²) in [5.74, 6) is -0.0803. The van der Waals surface area contributed by atoms with Crippen molar-refractivity contribution < 1.29 is 9.50 Å². The van der Waals surface area contributed by atoms with Crippen LogP contribution in [0.2, 0.25) is 0 Å².